The molecular formula is C16H17FN2O3S. The molecule has 0 radical (unpaired) electrons. The van der Waals surface area contributed by atoms with E-state index in [-0.39, 0.29) is 24.1 Å². The molecule has 0 saturated carbocycles. The number of carboxylic acid groups (broad SMARTS) is 1. The molecule has 2 aromatic rings. The van der Waals surface area contributed by atoms with Crippen LogP contribution in [-0.4, -0.2) is 39.5 Å². The van der Waals surface area contributed by atoms with Crippen molar-refractivity contribution in [3.8, 4) is 0 Å². The summed E-state index contributed by atoms with van der Waals surface area (Å²) in [6.45, 7) is 3.11. The fraction of sp³-hybridized carbons (Fsp3) is 0.312. The molecule has 0 unspecified atom stereocenters. The van der Waals surface area contributed by atoms with Gasteiger partial charge in [0.25, 0.3) is 5.91 Å². The Kier molecular flexibility index (Phi) is 5.44. The highest BCUT2D eigenvalue weighted by Gasteiger charge is 2.23. The first-order valence-electron chi connectivity index (χ1n) is 7.09. The van der Waals surface area contributed by atoms with Gasteiger partial charge in [0.15, 0.2) is 0 Å². The molecular weight excluding hydrogens is 319 g/mol. The number of hydrogen-bond acceptors (Lipinski definition) is 4. The highest BCUT2D eigenvalue weighted by atomic mass is 32.1. The first-order valence-corrected chi connectivity index (χ1v) is 7.97. The SMILES string of the molecule is CC(C)N(CC(=O)O)C(=O)c1csc(Cc2ccccc2F)n1. The minimum Gasteiger partial charge on any atom is -0.480 e. The molecule has 1 heterocycles. The van der Waals surface area contributed by atoms with Crippen LogP contribution >= 0.6 is 11.3 Å². The van der Waals surface area contributed by atoms with Crippen molar-refractivity contribution in [2.75, 3.05) is 6.54 Å². The fourth-order valence-electron chi connectivity index (χ4n) is 2.08. The Morgan fingerprint density at radius 2 is 2.04 bits per heavy atom. The van der Waals surface area contributed by atoms with Gasteiger partial charge in [0.2, 0.25) is 0 Å². The van der Waals surface area contributed by atoms with Crippen LogP contribution in [0, 0.1) is 5.82 Å². The fourth-order valence-corrected chi connectivity index (χ4v) is 2.87. The number of halogens is 1. The van der Waals surface area contributed by atoms with E-state index < -0.39 is 11.9 Å². The Balaban J connectivity index is 2.16. The van der Waals surface area contributed by atoms with Crippen LogP contribution in [0.4, 0.5) is 4.39 Å². The van der Waals surface area contributed by atoms with Gasteiger partial charge in [0.05, 0.1) is 5.01 Å². The van der Waals surface area contributed by atoms with Gasteiger partial charge in [-0.15, -0.1) is 11.3 Å². The third kappa shape index (κ3) is 4.35. The second-order valence-corrected chi connectivity index (χ2v) is 6.26. The predicted molar refractivity (Wildman–Crippen MR) is 85.1 cm³/mol. The maximum absolute atomic E-state index is 13.7. The highest BCUT2D eigenvalue weighted by Crippen LogP contribution is 2.18. The van der Waals surface area contributed by atoms with Crippen molar-refractivity contribution in [2.45, 2.75) is 26.3 Å². The van der Waals surface area contributed by atoms with Gasteiger partial charge in [-0.05, 0) is 25.5 Å². The Morgan fingerprint density at radius 1 is 1.35 bits per heavy atom. The molecule has 0 aliphatic rings. The van der Waals surface area contributed by atoms with Crippen molar-refractivity contribution in [1.82, 2.24) is 9.88 Å². The number of hydrogen-bond donors (Lipinski definition) is 1. The van der Waals surface area contributed by atoms with E-state index in [1.165, 1.54) is 22.3 Å². The maximum Gasteiger partial charge on any atom is 0.323 e. The second-order valence-electron chi connectivity index (χ2n) is 5.32. The number of carbonyl (C=O) groups excluding carboxylic acids is 1. The van der Waals surface area contributed by atoms with Crippen LogP contribution in [0.3, 0.4) is 0 Å². The second kappa shape index (κ2) is 7.32. The predicted octanol–water partition coefficient (Wildman–Crippen LogP) is 2.81. The summed E-state index contributed by atoms with van der Waals surface area (Å²) in [6, 6.07) is 6.15. The lowest BCUT2D eigenvalue weighted by Crippen LogP contribution is -2.40. The lowest BCUT2D eigenvalue weighted by molar-refractivity contribution is -0.138. The molecule has 122 valence electrons. The van der Waals surface area contributed by atoms with E-state index in [0.717, 1.165) is 0 Å². The summed E-state index contributed by atoms with van der Waals surface area (Å²) in [7, 11) is 0. The zero-order valence-electron chi connectivity index (χ0n) is 12.8. The quantitative estimate of drug-likeness (QED) is 0.880. The molecule has 0 aliphatic heterocycles. The van der Waals surface area contributed by atoms with Crippen LogP contribution in [0.1, 0.15) is 34.9 Å². The van der Waals surface area contributed by atoms with Gasteiger partial charge in [-0.3, -0.25) is 9.59 Å². The van der Waals surface area contributed by atoms with Crippen molar-refractivity contribution in [1.29, 1.82) is 0 Å². The summed E-state index contributed by atoms with van der Waals surface area (Å²) < 4.78 is 13.7. The van der Waals surface area contributed by atoms with E-state index in [0.29, 0.717) is 17.0 Å². The normalized spacial score (nSPS) is 10.8. The van der Waals surface area contributed by atoms with E-state index in [1.807, 2.05) is 0 Å². The molecule has 1 aromatic heterocycles. The molecule has 0 saturated heterocycles. The summed E-state index contributed by atoms with van der Waals surface area (Å²) in [6.07, 6.45) is 0.297. The lowest BCUT2D eigenvalue weighted by atomic mass is 10.1. The third-order valence-corrected chi connectivity index (χ3v) is 4.11. The number of amides is 1. The average molecular weight is 336 g/mol. The number of benzene rings is 1. The Hall–Kier alpha value is -2.28. The van der Waals surface area contributed by atoms with E-state index in [1.54, 1.807) is 37.4 Å². The average Bonchev–Trinajstić information content (AvgIpc) is 2.94. The van der Waals surface area contributed by atoms with E-state index in [9.17, 15) is 14.0 Å². The summed E-state index contributed by atoms with van der Waals surface area (Å²) in [5.74, 6) is -1.82. The monoisotopic (exact) mass is 336 g/mol. The van der Waals surface area contributed by atoms with Crippen molar-refractivity contribution >= 4 is 23.2 Å². The molecule has 0 aliphatic carbocycles. The number of aliphatic carboxylic acids is 1. The summed E-state index contributed by atoms with van der Waals surface area (Å²) in [4.78, 5) is 28.7. The highest BCUT2D eigenvalue weighted by molar-refractivity contribution is 7.09. The molecule has 7 heteroatoms. The minimum absolute atomic E-state index is 0.191. The molecule has 5 nitrogen and oxygen atoms in total. The van der Waals surface area contributed by atoms with Crippen molar-refractivity contribution in [3.63, 3.8) is 0 Å². The molecule has 0 spiro atoms. The zero-order valence-corrected chi connectivity index (χ0v) is 13.6. The van der Waals surface area contributed by atoms with E-state index in [4.69, 9.17) is 5.11 Å². The van der Waals surface area contributed by atoms with Gasteiger partial charge in [-0.1, -0.05) is 18.2 Å². The van der Waals surface area contributed by atoms with Crippen LogP contribution < -0.4 is 0 Å². The first-order chi connectivity index (χ1) is 10.9. The van der Waals surface area contributed by atoms with Gasteiger partial charge >= 0.3 is 5.97 Å². The molecule has 1 N–H and O–H groups in total. The Bertz CT molecular complexity index is 715. The van der Waals surface area contributed by atoms with Crippen LogP contribution in [0.25, 0.3) is 0 Å². The van der Waals surface area contributed by atoms with Crippen molar-refractivity contribution in [3.05, 3.63) is 51.7 Å². The van der Waals surface area contributed by atoms with Gasteiger partial charge in [-0.2, -0.15) is 0 Å². The van der Waals surface area contributed by atoms with E-state index in [2.05, 4.69) is 4.98 Å². The Labute approximate surface area is 137 Å². The van der Waals surface area contributed by atoms with Gasteiger partial charge in [-0.25, -0.2) is 9.37 Å². The molecule has 2 rings (SSSR count). The van der Waals surface area contributed by atoms with Gasteiger partial charge in [0.1, 0.15) is 18.1 Å². The topological polar surface area (TPSA) is 70.5 Å². The summed E-state index contributed by atoms with van der Waals surface area (Å²) in [5.41, 5.74) is 0.698. The number of rotatable bonds is 6. The maximum atomic E-state index is 13.7. The van der Waals surface area contributed by atoms with Crippen LogP contribution in [-0.2, 0) is 11.2 Å². The lowest BCUT2D eigenvalue weighted by Gasteiger charge is -2.23. The summed E-state index contributed by atoms with van der Waals surface area (Å²) in [5, 5.41) is 11.1. The largest absolute Gasteiger partial charge is 0.480 e. The third-order valence-electron chi connectivity index (χ3n) is 3.26. The summed E-state index contributed by atoms with van der Waals surface area (Å²) >= 11 is 1.26. The first kappa shape index (κ1) is 17.1. The van der Waals surface area contributed by atoms with Crippen LogP contribution in [0.2, 0.25) is 0 Å². The molecule has 1 amide bonds. The van der Waals surface area contributed by atoms with Crippen LogP contribution in [0.5, 0.6) is 0 Å². The van der Waals surface area contributed by atoms with Gasteiger partial charge in [0, 0.05) is 17.8 Å². The van der Waals surface area contributed by atoms with Crippen molar-refractivity contribution < 1.29 is 19.1 Å². The molecule has 1 aromatic carbocycles. The van der Waals surface area contributed by atoms with E-state index >= 15 is 0 Å². The standard InChI is InChI=1S/C16H17FN2O3S/c1-10(2)19(8-15(20)21)16(22)13-9-23-14(18-13)7-11-5-3-4-6-12(11)17/h3-6,9-10H,7-8H2,1-2H3,(H,20,21). The number of carbonyl (C=O) groups is 2. The minimum atomic E-state index is -1.08. The number of carboxylic acids is 1. The van der Waals surface area contributed by atoms with Gasteiger partial charge < -0.3 is 10.0 Å². The number of nitrogens with zero attached hydrogens (tertiary/aromatic N) is 2. The number of aromatic nitrogens is 1. The van der Waals surface area contributed by atoms with Crippen molar-refractivity contribution in [2.24, 2.45) is 0 Å². The molecule has 0 fully saturated rings. The van der Waals surface area contributed by atoms with Crippen LogP contribution in [0.15, 0.2) is 29.6 Å². The number of thiazole rings is 1. The smallest absolute Gasteiger partial charge is 0.323 e. The Morgan fingerprint density at radius 3 is 2.65 bits per heavy atom. The molecule has 0 atom stereocenters. The zero-order chi connectivity index (χ0) is 17.0. The molecule has 0 bridgehead atoms. The molecule has 23 heavy (non-hydrogen) atoms.